The molecule has 0 atom stereocenters. The summed E-state index contributed by atoms with van der Waals surface area (Å²) in [6.07, 6.45) is -3.35. The van der Waals surface area contributed by atoms with Crippen LogP contribution in [-0.2, 0) is 6.18 Å². The molecule has 0 aliphatic heterocycles. The van der Waals surface area contributed by atoms with Crippen LogP contribution in [0.3, 0.4) is 0 Å². The summed E-state index contributed by atoms with van der Waals surface area (Å²) in [4.78, 5) is 0. The predicted molar refractivity (Wildman–Crippen MR) is 48.2 cm³/mol. The van der Waals surface area contributed by atoms with Gasteiger partial charge >= 0.3 is 6.18 Å². The molecule has 6 heteroatoms. The topological polar surface area (TPSA) is 38.4 Å². The molecule has 0 aliphatic rings. The molecule has 0 heterocycles. The molecule has 76 valence electrons. The van der Waals surface area contributed by atoms with Crippen molar-refractivity contribution in [2.75, 3.05) is 0 Å². The average Bonchev–Trinajstić information content (AvgIpc) is 2.07. The third kappa shape index (κ3) is 2.38. The minimum absolute atomic E-state index is 0.254. The van der Waals surface area contributed by atoms with Crippen molar-refractivity contribution < 1.29 is 13.2 Å². The highest BCUT2D eigenvalue weighted by Crippen LogP contribution is 2.34. The summed E-state index contributed by atoms with van der Waals surface area (Å²) < 4.78 is 36.9. The van der Waals surface area contributed by atoms with Crippen LogP contribution in [0.2, 0.25) is 5.02 Å². The molecule has 2 nitrogen and oxygen atoms in total. The van der Waals surface area contributed by atoms with E-state index < -0.39 is 11.7 Å². The second-order valence-corrected chi connectivity index (χ2v) is 2.92. The quantitative estimate of drug-likeness (QED) is 0.443. The maximum atomic E-state index is 12.3. The van der Waals surface area contributed by atoms with Crippen molar-refractivity contribution in [3.63, 3.8) is 0 Å². The Hall–Kier alpha value is -1.23. The largest absolute Gasteiger partial charge is 0.417 e. The Bertz CT molecular complexity index is 360. The van der Waals surface area contributed by atoms with Gasteiger partial charge in [-0.2, -0.15) is 18.3 Å². The molecule has 0 spiro atoms. The Labute approximate surface area is 83.2 Å². The van der Waals surface area contributed by atoms with Crippen LogP contribution in [0.4, 0.5) is 13.2 Å². The number of hydrogen-bond donors (Lipinski definition) is 1. The standard InChI is InChI=1S/C8H6ClF3N2/c9-7-2-1-5(4-14-13)3-6(7)8(10,11)12/h1-4H,13H2. The Balaban J connectivity index is 3.22. The highest BCUT2D eigenvalue weighted by Gasteiger charge is 2.33. The van der Waals surface area contributed by atoms with E-state index in [1.807, 2.05) is 0 Å². The summed E-state index contributed by atoms with van der Waals surface area (Å²) in [5.41, 5.74) is -0.638. The molecule has 0 saturated carbocycles. The summed E-state index contributed by atoms with van der Waals surface area (Å²) >= 11 is 5.39. The van der Waals surface area contributed by atoms with Crippen LogP contribution >= 0.6 is 11.6 Å². The minimum Gasteiger partial charge on any atom is -0.323 e. The monoisotopic (exact) mass is 222 g/mol. The lowest BCUT2D eigenvalue weighted by atomic mass is 10.1. The number of benzene rings is 1. The molecule has 2 N–H and O–H groups in total. The highest BCUT2D eigenvalue weighted by atomic mass is 35.5. The van der Waals surface area contributed by atoms with Crippen LogP contribution < -0.4 is 5.84 Å². The van der Waals surface area contributed by atoms with Crippen molar-refractivity contribution in [3.05, 3.63) is 34.3 Å². The molecule has 0 radical (unpaired) electrons. The molecule has 0 bridgehead atoms. The molecular formula is C8H6ClF3N2. The molecule has 0 amide bonds. The predicted octanol–water partition coefficient (Wildman–Crippen LogP) is 2.65. The summed E-state index contributed by atoms with van der Waals surface area (Å²) in [6, 6.07) is 3.44. The second-order valence-electron chi connectivity index (χ2n) is 2.52. The normalized spacial score (nSPS) is 12.3. The molecule has 0 aliphatic carbocycles. The van der Waals surface area contributed by atoms with Gasteiger partial charge < -0.3 is 5.84 Å². The zero-order chi connectivity index (χ0) is 10.8. The van der Waals surface area contributed by atoms with Gasteiger partial charge in [0.2, 0.25) is 0 Å². The molecule has 1 aromatic rings. The number of hydrazone groups is 1. The van der Waals surface area contributed by atoms with Crippen molar-refractivity contribution in [1.29, 1.82) is 0 Å². The maximum Gasteiger partial charge on any atom is 0.417 e. The summed E-state index contributed by atoms with van der Waals surface area (Å²) in [7, 11) is 0. The van der Waals surface area contributed by atoms with Crippen molar-refractivity contribution in [3.8, 4) is 0 Å². The zero-order valence-electron chi connectivity index (χ0n) is 6.85. The van der Waals surface area contributed by atoms with Gasteiger partial charge in [-0.3, -0.25) is 0 Å². The van der Waals surface area contributed by atoms with E-state index in [4.69, 9.17) is 17.4 Å². The average molecular weight is 223 g/mol. The molecule has 0 aromatic heterocycles. The Morgan fingerprint density at radius 3 is 2.50 bits per heavy atom. The van der Waals surface area contributed by atoms with Gasteiger partial charge in [0.05, 0.1) is 16.8 Å². The van der Waals surface area contributed by atoms with Gasteiger partial charge in [0.1, 0.15) is 0 Å². The van der Waals surface area contributed by atoms with Crippen LogP contribution in [-0.4, -0.2) is 6.21 Å². The van der Waals surface area contributed by atoms with Crippen LogP contribution in [0.25, 0.3) is 0 Å². The number of nitrogens with zero attached hydrogens (tertiary/aromatic N) is 1. The maximum absolute atomic E-state index is 12.3. The smallest absolute Gasteiger partial charge is 0.323 e. The van der Waals surface area contributed by atoms with Crippen LogP contribution in [0, 0.1) is 0 Å². The Kier molecular flexibility index (Phi) is 3.00. The number of alkyl halides is 3. The van der Waals surface area contributed by atoms with E-state index in [1.165, 1.54) is 6.07 Å². The van der Waals surface area contributed by atoms with E-state index in [0.717, 1.165) is 18.3 Å². The van der Waals surface area contributed by atoms with Gasteiger partial charge in [-0.05, 0) is 17.7 Å². The molecule has 0 fully saturated rings. The molecule has 1 rings (SSSR count). The van der Waals surface area contributed by atoms with Gasteiger partial charge in [0.15, 0.2) is 0 Å². The van der Waals surface area contributed by atoms with E-state index in [9.17, 15) is 13.2 Å². The number of rotatable bonds is 1. The summed E-state index contributed by atoms with van der Waals surface area (Å²) in [6.45, 7) is 0. The SMILES string of the molecule is NN=Cc1ccc(Cl)c(C(F)(F)F)c1. The van der Waals surface area contributed by atoms with E-state index in [1.54, 1.807) is 0 Å². The van der Waals surface area contributed by atoms with Crippen LogP contribution in [0.15, 0.2) is 23.3 Å². The van der Waals surface area contributed by atoms with E-state index >= 15 is 0 Å². The first-order valence-electron chi connectivity index (χ1n) is 3.55. The van der Waals surface area contributed by atoms with E-state index in [-0.39, 0.29) is 10.6 Å². The van der Waals surface area contributed by atoms with Gasteiger partial charge in [-0.15, -0.1) is 0 Å². The van der Waals surface area contributed by atoms with E-state index in [2.05, 4.69) is 5.10 Å². The van der Waals surface area contributed by atoms with E-state index in [0.29, 0.717) is 0 Å². The van der Waals surface area contributed by atoms with Gasteiger partial charge in [0.25, 0.3) is 0 Å². The summed E-state index contributed by atoms with van der Waals surface area (Å²) in [5, 5.41) is 2.78. The number of hydrogen-bond acceptors (Lipinski definition) is 2. The fraction of sp³-hybridized carbons (Fsp3) is 0.125. The summed E-state index contributed by atoms with van der Waals surface area (Å²) in [5.74, 6) is 4.81. The van der Waals surface area contributed by atoms with Gasteiger partial charge in [-0.1, -0.05) is 17.7 Å². The van der Waals surface area contributed by atoms with Crippen molar-refractivity contribution in [2.45, 2.75) is 6.18 Å². The third-order valence-electron chi connectivity index (χ3n) is 1.52. The second kappa shape index (κ2) is 3.88. The molecule has 1 aromatic carbocycles. The first kappa shape index (κ1) is 10.8. The highest BCUT2D eigenvalue weighted by molar-refractivity contribution is 6.31. The first-order valence-corrected chi connectivity index (χ1v) is 3.93. The first-order chi connectivity index (χ1) is 6.45. The van der Waals surface area contributed by atoms with Crippen molar-refractivity contribution >= 4 is 17.8 Å². The van der Waals surface area contributed by atoms with Gasteiger partial charge in [-0.25, -0.2) is 0 Å². The van der Waals surface area contributed by atoms with Crippen molar-refractivity contribution in [2.24, 2.45) is 10.9 Å². The molecule has 14 heavy (non-hydrogen) atoms. The minimum atomic E-state index is -4.46. The Morgan fingerprint density at radius 1 is 1.36 bits per heavy atom. The lowest BCUT2D eigenvalue weighted by Gasteiger charge is -2.08. The molecular weight excluding hydrogens is 217 g/mol. The van der Waals surface area contributed by atoms with Crippen molar-refractivity contribution in [1.82, 2.24) is 0 Å². The molecule has 0 unspecified atom stereocenters. The lowest BCUT2D eigenvalue weighted by molar-refractivity contribution is -0.137. The third-order valence-corrected chi connectivity index (χ3v) is 1.85. The fourth-order valence-corrected chi connectivity index (χ4v) is 1.15. The van der Waals surface area contributed by atoms with Gasteiger partial charge in [0, 0.05) is 0 Å². The van der Waals surface area contributed by atoms with Crippen LogP contribution in [0.5, 0.6) is 0 Å². The zero-order valence-corrected chi connectivity index (χ0v) is 7.60. The molecule has 0 saturated heterocycles. The number of halogens is 4. The number of nitrogens with two attached hydrogens (primary N) is 1. The fourth-order valence-electron chi connectivity index (χ4n) is 0.926. The lowest BCUT2D eigenvalue weighted by Crippen LogP contribution is -2.06. The Morgan fingerprint density at radius 2 is 2.00 bits per heavy atom. The van der Waals surface area contributed by atoms with Crippen LogP contribution in [0.1, 0.15) is 11.1 Å².